The fourth-order valence-corrected chi connectivity index (χ4v) is 2.98. The molecule has 0 bridgehead atoms. The van der Waals surface area contributed by atoms with Gasteiger partial charge in [-0.05, 0) is 26.0 Å². The first-order chi connectivity index (χ1) is 10.5. The van der Waals surface area contributed by atoms with Gasteiger partial charge in [-0.15, -0.1) is 0 Å². The lowest BCUT2D eigenvalue weighted by Gasteiger charge is -2.34. The predicted molar refractivity (Wildman–Crippen MR) is 84.9 cm³/mol. The Hall–Kier alpha value is -1.85. The van der Waals surface area contributed by atoms with E-state index in [1.165, 1.54) is 0 Å². The van der Waals surface area contributed by atoms with Crippen LogP contribution in [0.15, 0.2) is 30.3 Å². The molecular weight excluding hydrogens is 302 g/mol. The molecule has 1 N–H and O–H groups in total. The molecule has 2 aromatic rings. The minimum atomic E-state index is -0.0622. The number of aromatic amines is 1. The third kappa shape index (κ3) is 3.00. The molecule has 22 heavy (non-hydrogen) atoms. The minimum Gasteiger partial charge on any atom is -0.372 e. The van der Waals surface area contributed by atoms with Gasteiger partial charge in [0, 0.05) is 18.7 Å². The fraction of sp³-hybridized carbons (Fsp3) is 0.375. The summed E-state index contributed by atoms with van der Waals surface area (Å²) >= 11 is 6.17. The molecule has 2 atom stereocenters. The summed E-state index contributed by atoms with van der Waals surface area (Å²) < 4.78 is 5.66. The normalized spacial score (nSPS) is 21.9. The summed E-state index contributed by atoms with van der Waals surface area (Å²) in [6.07, 6.45) is 0.0809. The number of carbonyl (C=O) groups is 1. The zero-order valence-electron chi connectivity index (χ0n) is 12.5. The van der Waals surface area contributed by atoms with Crippen molar-refractivity contribution in [1.82, 2.24) is 15.1 Å². The first-order valence-corrected chi connectivity index (χ1v) is 7.67. The Morgan fingerprint density at radius 2 is 2.00 bits per heavy atom. The quantitative estimate of drug-likeness (QED) is 0.925. The summed E-state index contributed by atoms with van der Waals surface area (Å²) in [6.45, 7) is 5.11. The highest BCUT2D eigenvalue weighted by Crippen LogP contribution is 2.26. The van der Waals surface area contributed by atoms with Crippen molar-refractivity contribution in [3.8, 4) is 11.3 Å². The number of aromatic nitrogens is 2. The first-order valence-electron chi connectivity index (χ1n) is 7.29. The molecule has 6 heteroatoms. The predicted octanol–water partition coefficient (Wildman–Crippen LogP) is 2.98. The van der Waals surface area contributed by atoms with Gasteiger partial charge in [-0.25, -0.2) is 0 Å². The number of hydrogen-bond donors (Lipinski definition) is 1. The molecule has 1 aliphatic rings. The van der Waals surface area contributed by atoms with Gasteiger partial charge in [0.05, 0.1) is 22.9 Å². The molecule has 3 rings (SSSR count). The number of benzene rings is 1. The Morgan fingerprint density at radius 3 is 2.68 bits per heavy atom. The molecule has 0 aliphatic carbocycles. The van der Waals surface area contributed by atoms with Crippen LogP contribution in [-0.2, 0) is 4.74 Å². The van der Waals surface area contributed by atoms with Crippen molar-refractivity contribution < 1.29 is 9.53 Å². The molecule has 0 spiro atoms. The number of H-pyrrole nitrogens is 1. The molecule has 1 saturated heterocycles. The van der Waals surface area contributed by atoms with Crippen LogP contribution in [0.2, 0.25) is 5.02 Å². The number of halogens is 1. The topological polar surface area (TPSA) is 58.2 Å². The van der Waals surface area contributed by atoms with Gasteiger partial charge in [-0.2, -0.15) is 5.10 Å². The number of morpholine rings is 1. The molecular formula is C16H18ClN3O2. The molecule has 2 unspecified atom stereocenters. The maximum absolute atomic E-state index is 12.6. The summed E-state index contributed by atoms with van der Waals surface area (Å²) in [5, 5.41) is 7.64. The summed E-state index contributed by atoms with van der Waals surface area (Å²) in [7, 11) is 0. The van der Waals surface area contributed by atoms with E-state index < -0.39 is 0 Å². The van der Waals surface area contributed by atoms with Gasteiger partial charge in [0.1, 0.15) is 5.69 Å². The molecule has 116 valence electrons. The minimum absolute atomic E-state index is 0.0404. The van der Waals surface area contributed by atoms with Crippen LogP contribution in [0.4, 0.5) is 0 Å². The summed E-state index contributed by atoms with van der Waals surface area (Å²) in [6, 6.07) is 9.18. The molecule has 0 saturated carbocycles. The van der Waals surface area contributed by atoms with Gasteiger partial charge < -0.3 is 9.64 Å². The Balaban J connectivity index is 1.82. The van der Waals surface area contributed by atoms with E-state index in [2.05, 4.69) is 10.2 Å². The Morgan fingerprint density at radius 1 is 1.32 bits per heavy atom. The Kier molecular flexibility index (Phi) is 4.18. The lowest BCUT2D eigenvalue weighted by molar-refractivity contribution is -0.0587. The fourth-order valence-electron chi connectivity index (χ4n) is 2.75. The second-order valence-corrected chi connectivity index (χ2v) is 6.02. The molecule has 0 radical (unpaired) electrons. The number of nitrogens with one attached hydrogen (secondary N) is 1. The number of nitrogens with zero attached hydrogens (tertiary/aromatic N) is 2. The maximum atomic E-state index is 12.6. The van der Waals surface area contributed by atoms with Crippen LogP contribution in [0.3, 0.4) is 0 Å². The molecule has 1 aromatic carbocycles. The van der Waals surface area contributed by atoms with E-state index in [0.29, 0.717) is 29.5 Å². The van der Waals surface area contributed by atoms with Crippen LogP contribution in [0, 0.1) is 0 Å². The second kappa shape index (κ2) is 6.10. The zero-order chi connectivity index (χ0) is 15.7. The smallest absolute Gasteiger partial charge is 0.272 e. The average molecular weight is 320 g/mol. The third-order valence-electron chi connectivity index (χ3n) is 3.66. The van der Waals surface area contributed by atoms with E-state index in [0.717, 1.165) is 5.56 Å². The Labute approximate surface area is 134 Å². The van der Waals surface area contributed by atoms with Crippen molar-refractivity contribution >= 4 is 17.5 Å². The number of amides is 1. The maximum Gasteiger partial charge on any atom is 0.272 e. The van der Waals surface area contributed by atoms with Gasteiger partial charge >= 0.3 is 0 Å². The van der Waals surface area contributed by atoms with Crippen molar-refractivity contribution in [2.45, 2.75) is 26.1 Å². The number of ether oxygens (including phenoxy) is 1. The van der Waals surface area contributed by atoms with Crippen LogP contribution in [0.25, 0.3) is 11.3 Å². The highest BCUT2D eigenvalue weighted by atomic mass is 35.5. The largest absolute Gasteiger partial charge is 0.372 e. The standard InChI is InChI=1S/C16H18ClN3O2/c1-10-8-20(9-11(2)22-10)16(21)15-7-14(18-19-15)12-5-3-4-6-13(12)17/h3-7,10-11H,8-9H2,1-2H3,(H,18,19). The van der Waals surface area contributed by atoms with Gasteiger partial charge in [0.15, 0.2) is 0 Å². The van der Waals surface area contributed by atoms with Crippen molar-refractivity contribution in [1.29, 1.82) is 0 Å². The molecule has 1 fully saturated rings. The second-order valence-electron chi connectivity index (χ2n) is 5.61. The van der Waals surface area contributed by atoms with Crippen LogP contribution >= 0.6 is 11.6 Å². The number of rotatable bonds is 2. The monoisotopic (exact) mass is 319 g/mol. The van der Waals surface area contributed by atoms with E-state index in [-0.39, 0.29) is 18.1 Å². The lowest BCUT2D eigenvalue weighted by Crippen LogP contribution is -2.48. The highest BCUT2D eigenvalue weighted by Gasteiger charge is 2.27. The van der Waals surface area contributed by atoms with Crippen LogP contribution in [0.1, 0.15) is 24.3 Å². The van der Waals surface area contributed by atoms with Gasteiger partial charge in [-0.1, -0.05) is 29.8 Å². The third-order valence-corrected chi connectivity index (χ3v) is 3.99. The van der Waals surface area contributed by atoms with E-state index in [1.54, 1.807) is 17.0 Å². The highest BCUT2D eigenvalue weighted by molar-refractivity contribution is 6.33. The molecule has 1 aliphatic heterocycles. The van der Waals surface area contributed by atoms with E-state index >= 15 is 0 Å². The van der Waals surface area contributed by atoms with Crippen LogP contribution in [-0.4, -0.2) is 46.3 Å². The summed E-state index contributed by atoms with van der Waals surface area (Å²) in [5.41, 5.74) is 1.95. The average Bonchev–Trinajstić information content (AvgIpc) is 2.95. The van der Waals surface area contributed by atoms with Crippen molar-refractivity contribution in [2.75, 3.05) is 13.1 Å². The van der Waals surface area contributed by atoms with E-state index in [1.807, 2.05) is 32.0 Å². The van der Waals surface area contributed by atoms with Crippen molar-refractivity contribution in [3.05, 3.63) is 41.0 Å². The summed E-state index contributed by atoms with van der Waals surface area (Å²) in [5.74, 6) is -0.0622. The SMILES string of the molecule is CC1CN(C(=O)c2cc(-c3ccccc3Cl)n[nH]2)CC(C)O1. The van der Waals surface area contributed by atoms with Gasteiger partial charge in [0.25, 0.3) is 5.91 Å². The van der Waals surface area contributed by atoms with Gasteiger partial charge in [0.2, 0.25) is 0 Å². The number of carbonyl (C=O) groups excluding carboxylic acids is 1. The molecule has 1 aromatic heterocycles. The van der Waals surface area contributed by atoms with Crippen molar-refractivity contribution in [2.24, 2.45) is 0 Å². The molecule has 5 nitrogen and oxygen atoms in total. The lowest BCUT2D eigenvalue weighted by atomic mass is 10.1. The summed E-state index contributed by atoms with van der Waals surface area (Å²) in [4.78, 5) is 14.4. The molecule has 1 amide bonds. The van der Waals surface area contributed by atoms with Crippen LogP contribution < -0.4 is 0 Å². The zero-order valence-corrected chi connectivity index (χ0v) is 13.3. The van der Waals surface area contributed by atoms with E-state index in [4.69, 9.17) is 16.3 Å². The van der Waals surface area contributed by atoms with E-state index in [9.17, 15) is 4.79 Å². The molecule has 2 heterocycles. The van der Waals surface area contributed by atoms with Gasteiger partial charge in [-0.3, -0.25) is 9.89 Å². The number of hydrogen-bond acceptors (Lipinski definition) is 3. The Bertz CT molecular complexity index is 676. The van der Waals surface area contributed by atoms with Crippen LogP contribution in [0.5, 0.6) is 0 Å². The first kappa shape index (κ1) is 15.1. The van der Waals surface area contributed by atoms with Crippen molar-refractivity contribution in [3.63, 3.8) is 0 Å².